The number of alkyl halides is 3. The average molecular weight is 443 g/mol. The van der Waals surface area contributed by atoms with E-state index < -0.39 is 17.7 Å². The topological polar surface area (TPSA) is 73.2 Å². The van der Waals surface area contributed by atoms with Crippen LogP contribution in [0.5, 0.6) is 0 Å². The number of carbonyl (C=O) groups excluding carboxylic acids is 1. The summed E-state index contributed by atoms with van der Waals surface area (Å²) < 4.78 is 44.8. The van der Waals surface area contributed by atoms with Gasteiger partial charge in [-0.3, -0.25) is 19.6 Å². The first-order valence-corrected chi connectivity index (χ1v) is 10.1. The third-order valence-corrected chi connectivity index (χ3v) is 6.27. The van der Waals surface area contributed by atoms with Crippen molar-refractivity contribution in [1.29, 1.82) is 0 Å². The van der Waals surface area contributed by atoms with E-state index in [4.69, 9.17) is 14.9 Å². The summed E-state index contributed by atoms with van der Waals surface area (Å²) in [6.07, 6.45) is -3.12. The second-order valence-electron chi connectivity index (χ2n) is 8.16. The van der Waals surface area contributed by atoms with Crippen molar-refractivity contribution in [2.45, 2.75) is 44.9 Å². The van der Waals surface area contributed by atoms with Gasteiger partial charge in [-0.2, -0.15) is 13.2 Å². The molecule has 1 saturated heterocycles. The Hall–Kier alpha value is -2.49. The molecule has 0 aromatic heterocycles. The molecule has 0 radical (unpaired) electrons. The number of carboxylic acid groups (broad SMARTS) is 1. The minimum absolute atomic E-state index is 0.197. The van der Waals surface area contributed by atoms with Crippen LogP contribution in [0.2, 0.25) is 0 Å². The lowest BCUT2D eigenvalue weighted by Gasteiger charge is -2.28. The van der Waals surface area contributed by atoms with Crippen molar-refractivity contribution in [2.24, 2.45) is 16.8 Å². The molecule has 3 aliphatic rings. The highest BCUT2D eigenvalue weighted by Gasteiger charge is 2.60. The number of hydrogen-bond donors (Lipinski definition) is 1. The first kappa shape index (κ1) is 23.2. The molecular formula is C21H25F4N3O3. The smallest absolute Gasteiger partial charge is 0.475 e. The van der Waals surface area contributed by atoms with Crippen molar-refractivity contribution in [1.82, 2.24) is 9.80 Å². The number of fused-ring (bicyclic) bond motifs is 2. The number of amides is 1. The number of benzene rings is 1. The van der Waals surface area contributed by atoms with E-state index in [0.717, 1.165) is 43.9 Å². The third kappa shape index (κ3) is 4.58. The fourth-order valence-electron chi connectivity index (χ4n) is 4.92. The largest absolute Gasteiger partial charge is 0.490 e. The van der Waals surface area contributed by atoms with Crippen molar-refractivity contribution >= 4 is 17.7 Å². The van der Waals surface area contributed by atoms with Crippen molar-refractivity contribution in [3.63, 3.8) is 0 Å². The lowest BCUT2D eigenvalue weighted by atomic mass is 9.85. The van der Waals surface area contributed by atoms with E-state index in [-0.39, 0.29) is 11.7 Å². The number of likely N-dealkylation sites (N-methyl/N-ethyl adjacent to an activating group) is 1. The number of carbonyl (C=O) groups is 2. The van der Waals surface area contributed by atoms with Gasteiger partial charge in [0.2, 0.25) is 0 Å². The number of halogens is 4. The quantitative estimate of drug-likeness (QED) is 0.728. The third-order valence-electron chi connectivity index (χ3n) is 6.27. The molecule has 6 nitrogen and oxygen atoms in total. The van der Waals surface area contributed by atoms with Gasteiger partial charge in [0.25, 0.3) is 5.91 Å². The number of aliphatic imine (C=N–C) groups is 1. The molecule has 0 bridgehead atoms. The van der Waals surface area contributed by atoms with Gasteiger partial charge in [0, 0.05) is 32.1 Å². The molecule has 1 saturated carbocycles. The van der Waals surface area contributed by atoms with Crippen LogP contribution in [-0.2, 0) is 16.1 Å². The highest BCUT2D eigenvalue weighted by molar-refractivity contribution is 6.07. The minimum atomic E-state index is -5.08. The molecule has 1 aromatic rings. The summed E-state index contributed by atoms with van der Waals surface area (Å²) in [4.78, 5) is 31.0. The van der Waals surface area contributed by atoms with E-state index in [1.165, 1.54) is 12.1 Å². The number of aliphatic carboxylic acids is 1. The Bertz CT molecular complexity index is 872. The monoisotopic (exact) mass is 443 g/mol. The van der Waals surface area contributed by atoms with Crippen LogP contribution < -0.4 is 0 Å². The van der Waals surface area contributed by atoms with E-state index in [9.17, 15) is 22.4 Å². The van der Waals surface area contributed by atoms with Gasteiger partial charge in [-0.25, -0.2) is 9.18 Å². The first-order valence-electron chi connectivity index (χ1n) is 10.1. The molecule has 4 rings (SSSR count). The molecule has 10 heteroatoms. The van der Waals surface area contributed by atoms with Crippen molar-refractivity contribution in [2.75, 3.05) is 19.6 Å². The molecule has 2 aliphatic heterocycles. The molecule has 3 atom stereocenters. The zero-order valence-electron chi connectivity index (χ0n) is 17.3. The molecule has 170 valence electrons. The highest BCUT2D eigenvalue weighted by atomic mass is 19.4. The predicted octanol–water partition coefficient (Wildman–Crippen LogP) is 3.32. The molecule has 1 aliphatic carbocycles. The maximum atomic E-state index is 13.1. The number of nitrogens with zero attached hydrogens (tertiary/aromatic N) is 3. The van der Waals surface area contributed by atoms with Gasteiger partial charge in [0.05, 0.1) is 0 Å². The van der Waals surface area contributed by atoms with Crippen LogP contribution in [0.1, 0.15) is 32.3 Å². The lowest BCUT2D eigenvalue weighted by molar-refractivity contribution is -0.192. The zero-order valence-corrected chi connectivity index (χ0v) is 17.3. The summed E-state index contributed by atoms with van der Waals surface area (Å²) in [5, 5.41) is 7.12. The van der Waals surface area contributed by atoms with Crippen LogP contribution in [0.15, 0.2) is 29.3 Å². The van der Waals surface area contributed by atoms with Crippen molar-refractivity contribution < 1.29 is 32.3 Å². The molecule has 31 heavy (non-hydrogen) atoms. The average Bonchev–Trinajstić information content (AvgIpc) is 3.31. The Morgan fingerprint density at radius 1 is 1.26 bits per heavy atom. The fourth-order valence-corrected chi connectivity index (χ4v) is 4.92. The molecule has 1 amide bonds. The van der Waals surface area contributed by atoms with E-state index in [0.29, 0.717) is 18.4 Å². The van der Waals surface area contributed by atoms with Crippen LogP contribution in [-0.4, -0.2) is 64.0 Å². The summed E-state index contributed by atoms with van der Waals surface area (Å²) in [7, 11) is 0. The van der Waals surface area contributed by atoms with E-state index in [1.54, 1.807) is 0 Å². The normalized spacial score (nSPS) is 27.9. The second-order valence-corrected chi connectivity index (χ2v) is 8.16. The number of amidine groups is 1. The standard InChI is InChI=1S/C19H24FN3O.C2HF3O2/c1-3-23-13(2)21-19(18(23)24)9-8-15-11-22(12-17(15)19)10-14-4-6-16(20)7-5-14;3-2(4,5)1(6)7/h4-7,15,17H,3,8-12H2,1-2H3;(H,6,7)/t15-,17+,19-;/m1./s1. The molecule has 0 unspecified atom stereocenters. The molecule has 1 N–H and O–H groups in total. The van der Waals surface area contributed by atoms with Crippen molar-refractivity contribution in [3.05, 3.63) is 35.6 Å². The van der Waals surface area contributed by atoms with Gasteiger partial charge in [0.15, 0.2) is 0 Å². The summed E-state index contributed by atoms with van der Waals surface area (Å²) >= 11 is 0. The molecular weight excluding hydrogens is 418 g/mol. The Balaban J connectivity index is 0.000000339. The number of hydrogen-bond acceptors (Lipinski definition) is 4. The summed E-state index contributed by atoms with van der Waals surface area (Å²) in [6, 6.07) is 6.73. The van der Waals surface area contributed by atoms with Crippen molar-refractivity contribution in [3.8, 4) is 0 Å². The number of rotatable bonds is 3. The van der Waals surface area contributed by atoms with Gasteiger partial charge in [-0.05, 0) is 50.3 Å². The zero-order chi connectivity index (χ0) is 23.0. The Labute approximate surface area is 177 Å². The molecule has 2 fully saturated rings. The van der Waals surface area contributed by atoms with Gasteiger partial charge in [-0.15, -0.1) is 0 Å². The molecule has 2 heterocycles. The maximum absolute atomic E-state index is 13.1. The Morgan fingerprint density at radius 2 is 1.87 bits per heavy atom. The molecule has 1 spiro atoms. The summed E-state index contributed by atoms with van der Waals surface area (Å²) in [6.45, 7) is 7.40. The van der Waals surface area contributed by atoms with Gasteiger partial charge >= 0.3 is 12.1 Å². The Morgan fingerprint density at radius 3 is 2.39 bits per heavy atom. The highest BCUT2D eigenvalue weighted by Crippen LogP contribution is 2.50. The van der Waals surface area contributed by atoms with Gasteiger partial charge < -0.3 is 5.11 Å². The van der Waals surface area contributed by atoms with Crippen LogP contribution in [0.4, 0.5) is 17.6 Å². The summed E-state index contributed by atoms with van der Waals surface area (Å²) in [5.41, 5.74) is 0.612. The van der Waals surface area contributed by atoms with E-state index >= 15 is 0 Å². The van der Waals surface area contributed by atoms with E-state index in [1.807, 2.05) is 30.9 Å². The first-order chi connectivity index (χ1) is 14.5. The second kappa shape index (κ2) is 8.57. The van der Waals surface area contributed by atoms with Crippen LogP contribution >= 0.6 is 0 Å². The molecule has 1 aromatic carbocycles. The van der Waals surface area contributed by atoms with Crippen LogP contribution in [0, 0.1) is 17.7 Å². The maximum Gasteiger partial charge on any atom is 0.490 e. The lowest BCUT2D eigenvalue weighted by Crippen LogP contribution is -2.46. The van der Waals surface area contributed by atoms with Crippen LogP contribution in [0.3, 0.4) is 0 Å². The fraction of sp³-hybridized carbons (Fsp3) is 0.571. The van der Waals surface area contributed by atoms with E-state index in [2.05, 4.69) is 4.90 Å². The van der Waals surface area contributed by atoms with Gasteiger partial charge in [0.1, 0.15) is 17.2 Å². The summed E-state index contributed by atoms with van der Waals surface area (Å²) in [5.74, 6) is -1.01. The SMILES string of the molecule is CCN1C(=O)[C@]2(CC[C@@H]3CN(Cc4ccc(F)cc4)C[C@@H]32)N=C1C.O=C(O)C(F)(F)F. The van der Waals surface area contributed by atoms with Crippen LogP contribution in [0.25, 0.3) is 0 Å². The Kier molecular flexibility index (Phi) is 6.40. The van der Waals surface area contributed by atoms with Gasteiger partial charge in [-0.1, -0.05) is 12.1 Å². The predicted molar refractivity (Wildman–Crippen MR) is 105 cm³/mol. The minimum Gasteiger partial charge on any atom is -0.475 e. The number of likely N-dealkylation sites (tertiary alicyclic amines) is 1. The number of carboxylic acids is 1.